The van der Waals surface area contributed by atoms with Crippen LogP contribution in [0.5, 0.6) is 0 Å². The van der Waals surface area contributed by atoms with E-state index in [1.807, 2.05) is 0 Å². The smallest absolute Gasteiger partial charge is 0.322 e. The van der Waals surface area contributed by atoms with Gasteiger partial charge in [-0.1, -0.05) is 0 Å². The van der Waals surface area contributed by atoms with Gasteiger partial charge in [0.05, 0.1) is 0 Å². The SMILES string of the molecule is Cc1cc(F)ccc1C(=O)NCC(=O)O. The van der Waals surface area contributed by atoms with Crippen LogP contribution in [0.25, 0.3) is 0 Å². The first kappa shape index (κ1) is 11.2. The second kappa shape index (κ2) is 4.54. The average Bonchev–Trinajstić information content (AvgIpc) is 2.14. The van der Waals surface area contributed by atoms with Crippen LogP contribution in [0.2, 0.25) is 0 Å². The van der Waals surface area contributed by atoms with Crippen LogP contribution in [0.15, 0.2) is 18.2 Å². The molecule has 0 heterocycles. The largest absolute Gasteiger partial charge is 0.480 e. The van der Waals surface area contributed by atoms with E-state index in [2.05, 4.69) is 5.32 Å². The van der Waals surface area contributed by atoms with Crippen molar-refractivity contribution >= 4 is 11.9 Å². The molecular formula is C10H10FNO3. The number of nitrogens with one attached hydrogen (secondary N) is 1. The van der Waals surface area contributed by atoms with Crippen molar-refractivity contribution in [2.24, 2.45) is 0 Å². The highest BCUT2D eigenvalue weighted by Crippen LogP contribution is 2.09. The van der Waals surface area contributed by atoms with E-state index in [1.54, 1.807) is 6.92 Å². The van der Waals surface area contributed by atoms with E-state index in [9.17, 15) is 14.0 Å². The number of aliphatic carboxylic acids is 1. The molecule has 0 fully saturated rings. The minimum Gasteiger partial charge on any atom is -0.480 e. The molecule has 0 radical (unpaired) electrons. The highest BCUT2D eigenvalue weighted by atomic mass is 19.1. The third-order valence-corrected chi connectivity index (χ3v) is 1.83. The van der Waals surface area contributed by atoms with Gasteiger partial charge in [0.1, 0.15) is 12.4 Å². The summed E-state index contributed by atoms with van der Waals surface area (Å²) >= 11 is 0. The molecule has 1 amide bonds. The van der Waals surface area contributed by atoms with E-state index in [0.717, 1.165) is 6.07 Å². The van der Waals surface area contributed by atoms with Crippen molar-refractivity contribution in [3.05, 3.63) is 35.1 Å². The molecule has 0 unspecified atom stereocenters. The van der Waals surface area contributed by atoms with Crippen molar-refractivity contribution in [2.75, 3.05) is 6.54 Å². The van der Waals surface area contributed by atoms with Crippen molar-refractivity contribution in [3.8, 4) is 0 Å². The number of carboxylic acids is 1. The quantitative estimate of drug-likeness (QED) is 0.782. The summed E-state index contributed by atoms with van der Waals surface area (Å²) in [6.45, 7) is 1.13. The van der Waals surface area contributed by atoms with Crippen LogP contribution in [-0.4, -0.2) is 23.5 Å². The Kier molecular flexibility index (Phi) is 3.38. The molecule has 1 aromatic carbocycles. The fourth-order valence-electron chi connectivity index (χ4n) is 1.13. The third kappa shape index (κ3) is 3.05. The minimum absolute atomic E-state index is 0.276. The van der Waals surface area contributed by atoms with Crippen LogP contribution in [0.4, 0.5) is 4.39 Å². The highest BCUT2D eigenvalue weighted by Gasteiger charge is 2.10. The van der Waals surface area contributed by atoms with E-state index in [0.29, 0.717) is 5.56 Å². The standard InChI is InChI=1S/C10H10FNO3/c1-6-4-7(11)2-3-8(6)10(15)12-5-9(13)14/h2-4H,5H2,1H3,(H,12,15)(H,13,14). The molecule has 0 saturated carbocycles. The van der Waals surface area contributed by atoms with Crippen LogP contribution >= 0.6 is 0 Å². The van der Waals surface area contributed by atoms with E-state index in [4.69, 9.17) is 5.11 Å². The molecule has 4 nitrogen and oxygen atoms in total. The van der Waals surface area contributed by atoms with Gasteiger partial charge in [-0.25, -0.2) is 4.39 Å². The van der Waals surface area contributed by atoms with E-state index in [1.165, 1.54) is 12.1 Å². The van der Waals surface area contributed by atoms with Crippen molar-refractivity contribution < 1.29 is 19.1 Å². The molecule has 1 aromatic rings. The Balaban J connectivity index is 2.78. The molecule has 0 aromatic heterocycles. The van der Waals surface area contributed by atoms with Crippen molar-refractivity contribution in [1.29, 1.82) is 0 Å². The van der Waals surface area contributed by atoms with Gasteiger partial charge in [0, 0.05) is 5.56 Å². The Morgan fingerprint density at radius 1 is 1.47 bits per heavy atom. The number of carbonyl (C=O) groups excluding carboxylic acids is 1. The number of carboxylic acid groups (broad SMARTS) is 1. The maximum atomic E-state index is 12.7. The van der Waals surface area contributed by atoms with Crippen LogP contribution in [-0.2, 0) is 4.79 Å². The topological polar surface area (TPSA) is 66.4 Å². The summed E-state index contributed by atoms with van der Waals surface area (Å²) in [5, 5.41) is 10.5. The van der Waals surface area contributed by atoms with Crippen LogP contribution in [0.3, 0.4) is 0 Å². The lowest BCUT2D eigenvalue weighted by Gasteiger charge is -2.05. The number of hydrogen-bond acceptors (Lipinski definition) is 2. The number of carbonyl (C=O) groups is 2. The Bertz CT molecular complexity index is 404. The number of aryl methyl sites for hydroxylation is 1. The molecule has 5 heteroatoms. The van der Waals surface area contributed by atoms with Gasteiger partial charge in [0.2, 0.25) is 0 Å². The zero-order valence-electron chi connectivity index (χ0n) is 8.08. The summed E-state index contributed by atoms with van der Waals surface area (Å²) < 4.78 is 12.7. The van der Waals surface area contributed by atoms with Crippen molar-refractivity contribution in [1.82, 2.24) is 5.32 Å². The number of hydrogen-bond donors (Lipinski definition) is 2. The molecule has 2 N–H and O–H groups in total. The molecule has 0 bridgehead atoms. The predicted molar refractivity (Wildman–Crippen MR) is 51.1 cm³/mol. The van der Waals surface area contributed by atoms with Crippen molar-refractivity contribution in [2.45, 2.75) is 6.92 Å². The second-order valence-corrected chi connectivity index (χ2v) is 3.04. The Morgan fingerprint density at radius 2 is 2.13 bits per heavy atom. The Morgan fingerprint density at radius 3 is 2.67 bits per heavy atom. The van der Waals surface area contributed by atoms with Gasteiger partial charge >= 0.3 is 5.97 Å². The summed E-state index contributed by atoms with van der Waals surface area (Å²) in [5.41, 5.74) is 0.746. The number of benzene rings is 1. The van der Waals surface area contributed by atoms with Gasteiger partial charge in [0.25, 0.3) is 5.91 Å². The predicted octanol–water partition coefficient (Wildman–Crippen LogP) is 0.949. The Labute approximate surface area is 85.7 Å². The third-order valence-electron chi connectivity index (χ3n) is 1.83. The lowest BCUT2D eigenvalue weighted by atomic mass is 10.1. The summed E-state index contributed by atoms with van der Waals surface area (Å²) in [5.74, 6) is -2.07. The lowest BCUT2D eigenvalue weighted by molar-refractivity contribution is -0.135. The first-order valence-corrected chi connectivity index (χ1v) is 4.27. The summed E-state index contributed by atoms with van der Waals surface area (Å²) in [6.07, 6.45) is 0. The van der Waals surface area contributed by atoms with Gasteiger partial charge in [-0.3, -0.25) is 9.59 Å². The Hall–Kier alpha value is -1.91. The molecule has 1 rings (SSSR count). The fourth-order valence-corrected chi connectivity index (χ4v) is 1.13. The molecule has 15 heavy (non-hydrogen) atoms. The molecular weight excluding hydrogens is 201 g/mol. The monoisotopic (exact) mass is 211 g/mol. The van der Waals surface area contributed by atoms with Gasteiger partial charge in [0.15, 0.2) is 0 Å². The molecule has 0 aliphatic carbocycles. The molecule has 0 atom stereocenters. The minimum atomic E-state index is -1.12. The summed E-state index contributed by atoms with van der Waals surface area (Å²) in [7, 11) is 0. The van der Waals surface area contributed by atoms with Crippen LogP contribution in [0.1, 0.15) is 15.9 Å². The molecule has 0 spiro atoms. The van der Waals surface area contributed by atoms with Crippen LogP contribution < -0.4 is 5.32 Å². The van der Waals surface area contributed by atoms with E-state index in [-0.39, 0.29) is 5.56 Å². The van der Waals surface area contributed by atoms with E-state index >= 15 is 0 Å². The summed E-state index contributed by atoms with van der Waals surface area (Å²) in [6, 6.07) is 3.69. The van der Waals surface area contributed by atoms with Crippen molar-refractivity contribution in [3.63, 3.8) is 0 Å². The lowest BCUT2D eigenvalue weighted by Crippen LogP contribution is -2.29. The van der Waals surface area contributed by atoms with Gasteiger partial charge in [-0.15, -0.1) is 0 Å². The van der Waals surface area contributed by atoms with Gasteiger partial charge in [-0.05, 0) is 30.7 Å². The number of rotatable bonds is 3. The van der Waals surface area contributed by atoms with Gasteiger partial charge < -0.3 is 10.4 Å². The zero-order valence-corrected chi connectivity index (χ0v) is 8.08. The highest BCUT2D eigenvalue weighted by molar-refractivity contribution is 5.97. The molecule has 80 valence electrons. The summed E-state index contributed by atoms with van der Waals surface area (Å²) in [4.78, 5) is 21.6. The van der Waals surface area contributed by atoms with Gasteiger partial charge in [-0.2, -0.15) is 0 Å². The number of halogens is 1. The maximum Gasteiger partial charge on any atom is 0.322 e. The second-order valence-electron chi connectivity index (χ2n) is 3.04. The fraction of sp³-hybridized carbons (Fsp3) is 0.200. The average molecular weight is 211 g/mol. The molecule has 0 aliphatic heterocycles. The first-order chi connectivity index (χ1) is 7.00. The zero-order chi connectivity index (χ0) is 11.4. The molecule has 0 aliphatic rings. The first-order valence-electron chi connectivity index (χ1n) is 4.27. The molecule has 0 saturated heterocycles. The van der Waals surface area contributed by atoms with E-state index < -0.39 is 24.2 Å². The normalized spacial score (nSPS) is 9.73. The van der Waals surface area contributed by atoms with Crippen LogP contribution in [0, 0.1) is 12.7 Å². The maximum absolute atomic E-state index is 12.7. The number of amides is 1.